The minimum atomic E-state index is 0.384. The molecular formula is C23H29BrN2. The van der Waals surface area contributed by atoms with Gasteiger partial charge in [0.15, 0.2) is 0 Å². The highest BCUT2D eigenvalue weighted by molar-refractivity contribution is 9.10. The molecule has 2 aromatic carbocycles. The van der Waals surface area contributed by atoms with Gasteiger partial charge in [0.1, 0.15) is 0 Å². The van der Waals surface area contributed by atoms with Crippen LogP contribution in [-0.4, -0.2) is 36.0 Å². The molecule has 0 aromatic heterocycles. The van der Waals surface area contributed by atoms with Crippen molar-refractivity contribution in [2.45, 2.75) is 33.4 Å². The number of hydrogen-bond acceptors (Lipinski definition) is 2. The molecule has 2 aliphatic rings. The van der Waals surface area contributed by atoms with Gasteiger partial charge in [0.25, 0.3) is 0 Å². The van der Waals surface area contributed by atoms with Gasteiger partial charge in [-0.2, -0.15) is 0 Å². The molecule has 2 saturated heterocycles. The Morgan fingerprint density at radius 1 is 0.731 bits per heavy atom. The fraction of sp³-hybridized carbons (Fsp3) is 0.478. The number of piperidine rings is 2. The molecule has 0 amide bonds. The van der Waals surface area contributed by atoms with Gasteiger partial charge < -0.3 is 0 Å². The number of hydrogen-bond donors (Lipinski definition) is 0. The molecule has 0 unspecified atom stereocenters. The van der Waals surface area contributed by atoms with E-state index in [0.717, 1.165) is 17.6 Å². The highest BCUT2D eigenvalue weighted by Gasteiger charge is 2.48. The zero-order valence-corrected chi connectivity index (χ0v) is 17.5. The fourth-order valence-corrected chi connectivity index (χ4v) is 5.80. The lowest BCUT2D eigenvalue weighted by Crippen LogP contribution is -2.61. The normalized spacial score (nSPS) is 29.7. The van der Waals surface area contributed by atoms with Crippen molar-refractivity contribution >= 4 is 15.9 Å². The van der Waals surface area contributed by atoms with Crippen LogP contribution in [-0.2, 0) is 13.1 Å². The number of halogens is 1. The summed E-state index contributed by atoms with van der Waals surface area (Å²) in [4.78, 5) is 5.38. The standard InChI is InChI=1S/C23H29BrN2/c1-22-14-23(2,16-25(15-22)12-19-6-4-3-5-7-19)18-26(17-22)13-20-8-10-21(24)11-9-20/h3-11H,12-18H2,1-2H3/t22-,23+. The van der Waals surface area contributed by atoms with Crippen molar-refractivity contribution in [3.8, 4) is 0 Å². The molecular weight excluding hydrogens is 384 g/mol. The molecule has 0 spiro atoms. The highest BCUT2D eigenvalue weighted by atomic mass is 79.9. The molecule has 2 atom stereocenters. The number of nitrogens with zero attached hydrogens (tertiary/aromatic N) is 2. The van der Waals surface area contributed by atoms with Gasteiger partial charge in [0.05, 0.1) is 0 Å². The van der Waals surface area contributed by atoms with Gasteiger partial charge in [-0.1, -0.05) is 72.2 Å². The molecule has 2 fully saturated rings. The second-order valence-corrected chi connectivity index (χ2v) is 10.1. The lowest BCUT2D eigenvalue weighted by molar-refractivity contribution is -0.0791. The second kappa shape index (κ2) is 7.10. The van der Waals surface area contributed by atoms with E-state index >= 15 is 0 Å². The molecule has 2 bridgehead atoms. The lowest BCUT2D eigenvalue weighted by atomic mass is 9.65. The molecule has 2 aromatic rings. The minimum Gasteiger partial charge on any atom is -0.298 e. The van der Waals surface area contributed by atoms with Crippen LogP contribution in [0.5, 0.6) is 0 Å². The Hall–Kier alpha value is -1.16. The summed E-state index contributed by atoms with van der Waals surface area (Å²) in [5.74, 6) is 0. The summed E-state index contributed by atoms with van der Waals surface area (Å²) >= 11 is 3.54. The summed E-state index contributed by atoms with van der Waals surface area (Å²) in [6, 6.07) is 19.8. The van der Waals surface area contributed by atoms with E-state index in [4.69, 9.17) is 0 Å². The average molecular weight is 413 g/mol. The molecule has 0 aliphatic carbocycles. The third-order valence-electron chi connectivity index (χ3n) is 5.84. The SMILES string of the molecule is C[C@]12CN(Cc3ccccc3)C[C@](C)(CN(Cc3ccc(Br)cc3)C1)C2. The molecule has 4 rings (SSSR count). The smallest absolute Gasteiger partial charge is 0.0234 e. The Morgan fingerprint density at radius 2 is 1.19 bits per heavy atom. The van der Waals surface area contributed by atoms with Gasteiger partial charge in [-0.15, -0.1) is 0 Å². The van der Waals surface area contributed by atoms with E-state index in [2.05, 4.69) is 94.2 Å². The average Bonchev–Trinajstić information content (AvgIpc) is 2.55. The van der Waals surface area contributed by atoms with Crippen LogP contribution in [0, 0.1) is 10.8 Å². The maximum absolute atomic E-state index is 3.54. The molecule has 0 radical (unpaired) electrons. The molecule has 2 heterocycles. The number of benzene rings is 2. The molecule has 0 N–H and O–H groups in total. The van der Waals surface area contributed by atoms with Crippen molar-refractivity contribution in [2.24, 2.45) is 10.8 Å². The largest absolute Gasteiger partial charge is 0.298 e. The van der Waals surface area contributed by atoms with Crippen LogP contribution in [0.2, 0.25) is 0 Å². The predicted molar refractivity (Wildman–Crippen MR) is 112 cm³/mol. The van der Waals surface area contributed by atoms with Crippen LogP contribution < -0.4 is 0 Å². The molecule has 0 saturated carbocycles. The van der Waals surface area contributed by atoms with Crippen molar-refractivity contribution in [1.82, 2.24) is 9.80 Å². The van der Waals surface area contributed by atoms with E-state index in [1.807, 2.05) is 0 Å². The Labute approximate surface area is 166 Å². The number of rotatable bonds is 4. The van der Waals surface area contributed by atoms with E-state index in [1.54, 1.807) is 0 Å². The Kier molecular flexibility index (Phi) is 4.98. The topological polar surface area (TPSA) is 6.48 Å². The predicted octanol–water partition coefficient (Wildman–Crippen LogP) is 5.18. The maximum atomic E-state index is 3.54. The monoisotopic (exact) mass is 412 g/mol. The third kappa shape index (κ3) is 4.21. The first-order chi connectivity index (χ1) is 12.4. The number of likely N-dealkylation sites (tertiary alicyclic amines) is 2. The maximum Gasteiger partial charge on any atom is 0.0234 e. The molecule has 3 heteroatoms. The lowest BCUT2D eigenvalue weighted by Gasteiger charge is -2.57. The molecule has 2 nitrogen and oxygen atoms in total. The van der Waals surface area contributed by atoms with Crippen LogP contribution in [0.15, 0.2) is 59.1 Å². The van der Waals surface area contributed by atoms with Gasteiger partial charge in [-0.05, 0) is 40.5 Å². The van der Waals surface area contributed by atoms with E-state index in [1.165, 1.54) is 43.7 Å². The van der Waals surface area contributed by atoms with Gasteiger partial charge in [-0.3, -0.25) is 9.80 Å². The van der Waals surface area contributed by atoms with Crippen molar-refractivity contribution < 1.29 is 0 Å². The third-order valence-corrected chi connectivity index (χ3v) is 6.37. The number of fused-ring (bicyclic) bond motifs is 2. The van der Waals surface area contributed by atoms with Crippen LogP contribution in [0.1, 0.15) is 31.4 Å². The quantitative estimate of drug-likeness (QED) is 0.681. The Balaban J connectivity index is 1.46. The summed E-state index contributed by atoms with van der Waals surface area (Å²) in [6.45, 7) is 11.9. The summed E-state index contributed by atoms with van der Waals surface area (Å²) in [6.07, 6.45) is 1.35. The first kappa shape index (κ1) is 18.2. The van der Waals surface area contributed by atoms with E-state index in [0.29, 0.717) is 10.8 Å². The first-order valence-corrected chi connectivity index (χ1v) is 10.4. The van der Waals surface area contributed by atoms with Crippen molar-refractivity contribution in [2.75, 3.05) is 26.2 Å². The van der Waals surface area contributed by atoms with Crippen molar-refractivity contribution in [3.05, 3.63) is 70.2 Å². The van der Waals surface area contributed by atoms with E-state index in [-0.39, 0.29) is 0 Å². The van der Waals surface area contributed by atoms with Gasteiger partial charge in [0.2, 0.25) is 0 Å². The molecule has 2 aliphatic heterocycles. The second-order valence-electron chi connectivity index (χ2n) is 9.20. The zero-order valence-electron chi connectivity index (χ0n) is 15.9. The summed E-state index contributed by atoms with van der Waals surface area (Å²) in [5, 5.41) is 0. The first-order valence-electron chi connectivity index (χ1n) is 9.65. The Bertz CT molecular complexity index is 725. The minimum absolute atomic E-state index is 0.384. The van der Waals surface area contributed by atoms with Gasteiger partial charge >= 0.3 is 0 Å². The van der Waals surface area contributed by atoms with Gasteiger partial charge in [-0.25, -0.2) is 0 Å². The van der Waals surface area contributed by atoms with E-state index < -0.39 is 0 Å². The Morgan fingerprint density at radius 3 is 1.69 bits per heavy atom. The van der Waals surface area contributed by atoms with Crippen LogP contribution in [0.4, 0.5) is 0 Å². The van der Waals surface area contributed by atoms with Crippen molar-refractivity contribution in [3.63, 3.8) is 0 Å². The summed E-state index contributed by atoms with van der Waals surface area (Å²) in [7, 11) is 0. The van der Waals surface area contributed by atoms with Crippen molar-refractivity contribution in [1.29, 1.82) is 0 Å². The summed E-state index contributed by atoms with van der Waals surface area (Å²) < 4.78 is 1.16. The van der Waals surface area contributed by atoms with E-state index in [9.17, 15) is 0 Å². The van der Waals surface area contributed by atoms with Crippen LogP contribution in [0.3, 0.4) is 0 Å². The van der Waals surface area contributed by atoms with Crippen LogP contribution in [0.25, 0.3) is 0 Å². The van der Waals surface area contributed by atoms with Crippen LogP contribution >= 0.6 is 15.9 Å². The fourth-order valence-electron chi connectivity index (χ4n) is 5.54. The zero-order chi connectivity index (χ0) is 18.2. The summed E-state index contributed by atoms with van der Waals surface area (Å²) in [5.41, 5.74) is 3.62. The molecule has 26 heavy (non-hydrogen) atoms. The molecule has 138 valence electrons. The highest BCUT2D eigenvalue weighted by Crippen LogP contribution is 2.46. The van der Waals surface area contributed by atoms with Gasteiger partial charge in [0, 0.05) is 43.7 Å².